The molecular formula is C29H29ClF3N5O3. The van der Waals surface area contributed by atoms with Gasteiger partial charge in [-0.2, -0.15) is 0 Å². The Kier molecular flexibility index (Phi) is 8.77. The fourth-order valence-corrected chi connectivity index (χ4v) is 5.28. The largest absolute Gasteiger partial charge is 0.573 e. The summed E-state index contributed by atoms with van der Waals surface area (Å²) in [5, 5.41) is 13.1. The molecule has 0 bridgehead atoms. The number of benzene rings is 2. The number of carbonyl (C=O) groups excluding carboxylic acids is 1. The Morgan fingerprint density at radius 3 is 2.66 bits per heavy atom. The summed E-state index contributed by atoms with van der Waals surface area (Å²) in [5.74, 6) is 0.434. The number of pyridine rings is 2. The topological polar surface area (TPSA) is 97.4 Å². The van der Waals surface area contributed by atoms with E-state index in [9.17, 15) is 18.0 Å². The van der Waals surface area contributed by atoms with Crippen LogP contribution in [0.3, 0.4) is 0 Å². The quantitative estimate of drug-likeness (QED) is 0.117. The standard InChI is InChI=1S/C29H29ClF3N5O3/c1-40-28(39)19-3-4-21-23-16-34-7-6-22(23)27(38-25(21)13-19)37-9-8-36-20-10-18(11-20)15-35-14-17-2-5-26(24(30)12-17)41-29(31,32)33/h2-7,12-13,16,18,20,35-36H,8-11,14-15H2,1H3,(H,37,38). The number of methoxy groups -OCH3 is 1. The number of halogens is 4. The zero-order chi connectivity index (χ0) is 29.0. The Balaban J connectivity index is 1.06. The van der Waals surface area contributed by atoms with Crippen LogP contribution in [0.15, 0.2) is 54.9 Å². The van der Waals surface area contributed by atoms with Crippen LogP contribution in [0.4, 0.5) is 19.0 Å². The molecule has 1 saturated carbocycles. The van der Waals surface area contributed by atoms with Crippen LogP contribution in [0.25, 0.3) is 21.7 Å². The van der Waals surface area contributed by atoms with Gasteiger partial charge < -0.3 is 25.4 Å². The Labute approximate surface area is 239 Å². The van der Waals surface area contributed by atoms with Crippen LogP contribution in [0.2, 0.25) is 5.02 Å². The van der Waals surface area contributed by atoms with E-state index >= 15 is 0 Å². The molecule has 0 radical (unpaired) electrons. The molecule has 0 aliphatic heterocycles. The molecule has 8 nitrogen and oxygen atoms in total. The Morgan fingerprint density at radius 1 is 1.07 bits per heavy atom. The van der Waals surface area contributed by atoms with Gasteiger partial charge in [-0.05, 0) is 61.2 Å². The highest BCUT2D eigenvalue weighted by molar-refractivity contribution is 6.32. The molecule has 5 rings (SSSR count). The van der Waals surface area contributed by atoms with Crippen molar-refractivity contribution >= 4 is 45.1 Å². The first-order valence-corrected chi connectivity index (χ1v) is 13.6. The van der Waals surface area contributed by atoms with Gasteiger partial charge in [0.25, 0.3) is 0 Å². The van der Waals surface area contributed by atoms with Crippen molar-refractivity contribution in [1.82, 2.24) is 20.6 Å². The number of nitrogens with zero attached hydrogens (tertiary/aromatic N) is 2. The van der Waals surface area contributed by atoms with Gasteiger partial charge in [-0.3, -0.25) is 4.98 Å². The normalized spacial score (nSPS) is 16.9. The van der Waals surface area contributed by atoms with Crippen LogP contribution in [-0.4, -0.2) is 55.1 Å². The second kappa shape index (κ2) is 12.5. The Bertz CT molecular complexity index is 1550. The number of rotatable bonds is 11. The lowest BCUT2D eigenvalue weighted by Crippen LogP contribution is -2.46. The molecule has 2 aromatic carbocycles. The number of ether oxygens (including phenoxy) is 2. The van der Waals surface area contributed by atoms with Crippen molar-refractivity contribution in [3.05, 3.63) is 71.0 Å². The van der Waals surface area contributed by atoms with Gasteiger partial charge in [0, 0.05) is 54.2 Å². The molecule has 1 aliphatic rings. The summed E-state index contributed by atoms with van der Waals surface area (Å²) in [6.45, 7) is 2.74. The zero-order valence-corrected chi connectivity index (χ0v) is 23.0. The Hall–Kier alpha value is -3.67. The van der Waals surface area contributed by atoms with Gasteiger partial charge in [-0.15, -0.1) is 13.2 Å². The van der Waals surface area contributed by atoms with Gasteiger partial charge in [0.2, 0.25) is 0 Å². The number of hydrogen-bond acceptors (Lipinski definition) is 8. The molecule has 3 N–H and O–H groups in total. The molecule has 41 heavy (non-hydrogen) atoms. The van der Waals surface area contributed by atoms with Crippen molar-refractivity contribution in [3.8, 4) is 5.75 Å². The van der Waals surface area contributed by atoms with Crippen LogP contribution in [0, 0.1) is 5.92 Å². The maximum Gasteiger partial charge on any atom is 0.573 e. The van der Waals surface area contributed by atoms with E-state index in [4.69, 9.17) is 21.3 Å². The van der Waals surface area contributed by atoms with E-state index in [0.717, 1.165) is 53.5 Å². The van der Waals surface area contributed by atoms with E-state index < -0.39 is 18.1 Å². The SMILES string of the molecule is COC(=O)c1ccc2c(c1)nc(NCCNC1CC(CNCc3ccc(OC(F)(F)F)c(Cl)c3)C1)c1ccncc12. The monoisotopic (exact) mass is 587 g/mol. The van der Waals surface area contributed by atoms with Gasteiger partial charge >= 0.3 is 12.3 Å². The highest BCUT2D eigenvalue weighted by Gasteiger charge is 2.32. The van der Waals surface area contributed by atoms with E-state index in [1.54, 1.807) is 30.6 Å². The lowest BCUT2D eigenvalue weighted by Gasteiger charge is -2.36. The molecule has 0 saturated heterocycles. The number of fused-ring (bicyclic) bond motifs is 3. The first kappa shape index (κ1) is 28.8. The number of aromatic nitrogens is 2. The highest BCUT2D eigenvalue weighted by Crippen LogP contribution is 2.32. The van der Waals surface area contributed by atoms with Crippen molar-refractivity contribution < 1.29 is 27.4 Å². The van der Waals surface area contributed by atoms with Crippen molar-refractivity contribution in [1.29, 1.82) is 0 Å². The first-order chi connectivity index (χ1) is 19.7. The molecule has 4 aromatic rings. The van der Waals surface area contributed by atoms with Crippen LogP contribution in [-0.2, 0) is 11.3 Å². The number of anilines is 1. The summed E-state index contributed by atoms with van der Waals surface area (Å²) in [6.07, 6.45) is 0.827. The number of alkyl halides is 3. The van der Waals surface area contributed by atoms with Crippen LogP contribution in [0.1, 0.15) is 28.8 Å². The van der Waals surface area contributed by atoms with Crippen molar-refractivity contribution in [2.75, 3.05) is 32.1 Å². The van der Waals surface area contributed by atoms with E-state index in [-0.39, 0.29) is 5.02 Å². The van der Waals surface area contributed by atoms with Gasteiger partial charge in [0.15, 0.2) is 0 Å². The molecule has 216 valence electrons. The molecule has 0 spiro atoms. The van der Waals surface area contributed by atoms with Crippen molar-refractivity contribution in [3.63, 3.8) is 0 Å². The zero-order valence-electron chi connectivity index (χ0n) is 22.2. The lowest BCUT2D eigenvalue weighted by atomic mass is 9.80. The fourth-order valence-electron chi connectivity index (χ4n) is 5.04. The number of esters is 1. The van der Waals surface area contributed by atoms with Crippen LogP contribution < -0.4 is 20.7 Å². The predicted molar refractivity (Wildman–Crippen MR) is 151 cm³/mol. The number of carbonyl (C=O) groups is 1. The minimum atomic E-state index is -4.77. The van der Waals surface area contributed by atoms with E-state index in [1.165, 1.54) is 19.2 Å². The summed E-state index contributed by atoms with van der Waals surface area (Å²) < 4.78 is 45.9. The molecule has 2 aromatic heterocycles. The molecule has 0 atom stereocenters. The third kappa shape index (κ3) is 7.16. The van der Waals surface area contributed by atoms with Crippen molar-refractivity contribution in [2.45, 2.75) is 31.8 Å². The molecule has 1 aliphatic carbocycles. The Morgan fingerprint density at radius 2 is 1.90 bits per heavy atom. The van der Waals surface area contributed by atoms with Gasteiger partial charge in [-0.25, -0.2) is 9.78 Å². The predicted octanol–water partition coefficient (Wildman–Crippen LogP) is 5.69. The van der Waals surface area contributed by atoms with Gasteiger partial charge in [0.05, 0.1) is 23.2 Å². The number of hydrogen-bond donors (Lipinski definition) is 3. The second-order valence-corrected chi connectivity index (χ2v) is 10.4. The lowest BCUT2D eigenvalue weighted by molar-refractivity contribution is -0.274. The summed E-state index contributed by atoms with van der Waals surface area (Å²) >= 11 is 5.92. The minimum absolute atomic E-state index is 0.0716. The van der Waals surface area contributed by atoms with Crippen LogP contribution >= 0.6 is 11.6 Å². The summed E-state index contributed by atoms with van der Waals surface area (Å²) in [4.78, 5) is 21.0. The minimum Gasteiger partial charge on any atom is -0.465 e. The number of nitrogens with one attached hydrogen (secondary N) is 3. The highest BCUT2D eigenvalue weighted by atomic mass is 35.5. The summed E-state index contributed by atoms with van der Waals surface area (Å²) in [7, 11) is 1.35. The summed E-state index contributed by atoms with van der Waals surface area (Å²) in [6, 6.07) is 12.0. The molecule has 0 amide bonds. The molecular weight excluding hydrogens is 559 g/mol. The molecule has 0 unspecified atom stereocenters. The maximum atomic E-state index is 12.4. The molecule has 1 fully saturated rings. The van der Waals surface area contributed by atoms with E-state index in [1.807, 2.05) is 12.1 Å². The van der Waals surface area contributed by atoms with E-state index in [2.05, 4.69) is 25.7 Å². The molecule has 12 heteroatoms. The third-order valence-corrected chi connectivity index (χ3v) is 7.38. The van der Waals surface area contributed by atoms with Crippen LogP contribution in [0.5, 0.6) is 5.75 Å². The first-order valence-electron chi connectivity index (χ1n) is 13.2. The molecule has 2 heterocycles. The maximum absolute atomic E-state index is 12.4. The average Bonchev–Trinajstić information content (AvgIpc) is 2.93. The third-order valence-electron chi connectivity index (χ3n) is 7.09. The smallest absolute Gasteiger partial charge is 0.465 e. The summed E-state index contributed by atoms with van der Waals surface area (Å²) in [5.41, 5.74) is 1.91. The second-order valence-electron chi connectivity index (χ2n) is 9.96. The van der Waals surface area contributed by atoms with Gasteiger partial charge in [-0.1, -0.05) is 23.7 Å². The average molecular weight is 588 g/mol. The van der Waals surface area contributed by atoms with Gasteiger partial charge in [0.1, 0.15) is 11.6 Å². The van der Waals surface area contributed by atoms with Crippen molar-refractivity contribution in [2.24, 2.45) is 5.92 Å². The fraction of sp³-hybridized carbons (Fsp3) is 0.345. The van der Waals surface area contributed by atoms with E-state index in [0.29, 0.717) is 36.1 Å².